The highest BCUT2D eigenvalue weighted by Crippen LogP contribution is 2.32. The first-order chi connectivity index (χ1) is 18.5. The van der Waals surface area contributed by atoms with Gasteiger partial charge in [0.05, 0.1) is 23.9 Å². The molecule has 38 heavy (non-hydrogen) atoms. The summed E-state index contributed by atoms with van der Waals surface area (Å²) in [6, 6.07) is 15.6. The molecule has 7 nitrogen and oxygen atoms in total. The number of halogens is 1. The normalized spacial score (nSPS) is 16.4. The van der Waals surface area contributed by atoms with Crippen LogP contribution in [0.1, 0.15) is 38.3 Å². The summed E-state index contributed by atoms with van der Waals surface area (Å²) >= 11 is 0. The summed E-state index contributed by atoms with van der Waals surface area (Å²) in [5.74, 6) is 0.414. The summed E-state index contributed by atoms with van der Waals surface area (Å²) in [5, 5.41) is 13.5. The van der Waals surface area contributed by atoms with Crippen LogP contribution in [0.25, 0.3) is 33.3 Å². The zero-order chi connectivity index (χ0) is 26.1. The van der Waals surface area contributed by atoms with Crippen molar-refractivity contribution in [2.24, 2.45) is 0 Å². The van der Waals surface area contributed by atoms with Gasteiger partial charge >= 0.3 is 0 Å². The molecular weight excluding hydrogens is 479 g/mol. The van der Waals surface area contributed by atoms with Gasteiger partial charge in [0.1, 0.15) is 17.3 Å². The number of aromatic nitrogens is 5. The third kappa shape index (κ3) is 4.91. The van der Waals surface area contributed by atoms with Gasteiger partial charge in [0.15, 0.2) is 0 Å². The zero-order valence-electron chi connectivity index (χ0n) is 21.6. The van der Waals surface area contributed by atoms with E-state index >= 15 is 0 Å². The van der Waals surface area contributed by atoms with Gasteiger partial charge in [-0.3, -0.25) is 19.7 Å². The van der Waals surface area contributed by atoms with Gasteiger partial charge in [-0.2, -0.15) is 10.2 Å². The van der Waals surface area contributed by atoms with Crippen molar-refractivity contribution in [1.29, 1.82) is 0 Å². The molecule has 0 spiro atoms. The number of nitrogens with one attached hydrogen (secondary N) is 1. The number of likely N-dealkylation sites (tertiary alicyclic amines) is 1. The molecule has 0 saturated carbocycles. The molecule has 1 atom stereocenters. The molecule has 1 aliphatic rings. The van der Waals surface area contributed by atoms with Gasteiger partial charge in [0.25, 0.3) is 0 Å². The van der Waals surface area contributed by atoms with Crippen molar-refractivity contribution in [3.8, 4) is 28.1 Å². The van der Waals surface area contributed by atoms with E-state index in [1.165, 1.54) is 6.07 Å². The Hall–Kier alpha value is -4.04. The predicted molar refractivity (Wildman–Crippen MR) is 146 cm³/mol. The van der Waals surface area contributed by atoms with E-state index in [4.69, 9.17) is 9.84 Å². The van der Waals surface area contributed by atoms with E-state index in [-0.39, 0.29) is 18.0 Å². The predicted octanol–water partition coefficient (Wildman–Crippen LogP) is 6.25. The maximum absolute atomic E-state index is 14.8. The number of nitrogens with zero attached hydrogens (tertiary/aromatic N) is 5. The first-order valence-electron chi connectivity index (χ1n) is 13.1. The lowest BCUT2D eigenvalue weighted by atomic mass is 10.0. The summed E-state index contributed by atoms with van der Waals surface area (Å²) in [6.45, 7) is 6.18. The number of hydrogen-bond donors (Lipinski definition) is 1. The fraction of sp³-hybridized carbons (Fsp3) is 0.300. The molecule has 1 aliphatic heterocycles. The van der Waals surface area contributed by atoms with Gasteiger partial charge in [-0.15, -0.1) is 0 Å². The van der Waals surface area contributed by atoms with Crippen LogP contribution in [0.4, 0.5) is 4.39 Å². The molecule has 3 aromatic heterocycles. The topological polar surface area (TPSA) is 71.9 Å². The van der Waals surface area contributed by atoms with E-state index in [2.05, 4.69) is 49.2 Å². The molecule has 8 heteroatoms. The Morgan fingerprint density at radius 1 is 1.08 bits per heavy atom. The number of fused-ring (bicyclic) bond motifs is 1. The van der Waals surface area contributed by atoms with Crippen molar-refractivity contribution in [3.63, 3.8) is 0 Å². The molecule has 0 aliphatic carbocycles. The Morgan fingerprint density at radius 3 is 2.79 bits per heavy atom. The summed E-state index contributed by atoms with van der Waals surface area (Å²) < 4.78 is 22.7. The maximum atomic E-state index is 14.8. The average Bonchev–Trinajstić information content (AvgIpc) is 3.59. The van der Waals surface area contributed by atoms with Crippen LogP contribution < -0.4 is 4.74 Å². The van der Waals surface area contributed by atoms with E-state index in [9.17, 15) is 4.39 Å². The van der Waals surface area contributed by atoms with E-state index in [0.717, 1.165) is 59.2 Å². The number of piperidine rings is 1. The van der Waals surface area contributed by atoms with Crippen LogP contribution >= 0.6 is 0 Å². The van der Waals surface area contributed by atoms with Crippen molar-refractivity contribution >= 4 is 10.9 Å². The van der Waals surface area contributed by atoms with Gasteiger partial charge in [0.2, 0.25) is 0 Å². The molecule has 2 aromatic carbocycles. The number of aromatic amines is 1. The Kier molecular flexibility index (Phi) is 6.64. The van der Waals surface area contributed by atoms with Crippen LogP contribution in [0.5, 0.6) is 5.75 Å². The number of pyridine rings is 1. The van der Waals surface area contributed by atoms with Gasteiger partial charge in [0, 0.05) is 53.8 Å². The molecule has 0 radical (unpaired) electrons. The van der Waals surface area contributed by atoms with Crippen LogP contribution in [0.2, 0.25) is 0 Å². The van der Waals surface area contributed by atoms with Crippen LogP contribution in [-0.4, -0.2) is 49.1 Å². The second kappa shape index (κ2) is 10.4. The number of ether oxygens (including phenoxy) is 1. The van der Waals surface area contributed by atoms with Crippen molar-refractivity contribution in [2.45, 2.75) is 45.4 Å². The molecule has 0 amide bonds. The quantitative estimate of drug-likeness (QED) is 0.280. The van der Waals surface area contributed by atoms with Gasteiger partial charge in [-0.1, -0.05) is 12.1 Å². The summed E-state index contributed by atoms with van der Waals surface area (Å²) in [6.07, 6.45) is 9.68. The smallest absolute Gasteiger partial charge is 0.131 e. The molecular formula is C30H31FN6O. The Labute approximate surface area is 221 Å². The van der Waals surface area contributed by atoms with Crippen LogP contribution in [0.15, 0.2) is 73.3 Å². The molecule has 5 aromatic rings. The molecule has 1 saturated heterocycles. The van der Waals surface area contributed by atoms with Crippen LogP contribution in [0, 0.1) is 5.82 Å². The summed E-state index contributed by atoms with van der Waals surface area (Å²) in [5.41, 5.74) is 5.71. The Morgan fingerprint density at radius 2 is 1.95 bits per heavy atom. The fourth-order valence-corrected chi connectivity index (χ4v) is 5.28. The minimum absolute atomic E-state index is 0.00537. The lowest BCUT2D eigenvalue weighted by Gasteiger charge is -2.33. The first-order valence-corrected chi connectivity index (χ1v) is 13.1. The largest absolute Gasteiger partial charge is 0.491 e. The lowest BCUT2D eigenvalue weighted by Crippen LogP contribution is -2.36. The van der Waals surface area contributed by atoms with Crippen molar-refractivity contribution in [2.75, 3.05) is 13.1 Å². The van der Waals surface area contributed by atoms with Gasteiger partial charge < -0.3 is 4.74 Å². The maximum Gasteiger partial charge on any atom is 0.131 e. The number of rotatable bonds is 7. The zero-order valence-corrected chi connectivity index (χ0v) is 21.6. The van der Waals surface area contributed by atoms with E-state index < -0.39 is 0 Å². The third-order valence-electron chi connectivity index (χ3n) is 7.13. The standard InChI is InChI=1S/C30H31FN6O/c1-20(2)38-29-7-3-6-27(31)26(29)19-36-14-4-5-24(18-36)37-17-23(16-33-37)22-8-9-28-25(15-22)30(35-34-28)21-10-12-32-13-11-21/h3,6-13,15-17,20,24H,4-5,14,18-19H2,1-2H3,(H,34,35). The highest BCUT2D eigenvalue weighted by molar-refractivity contribution is 5.95. The molecule has 6 rings (SSSR count). The first kappa shape index (κ1) is 24.3. The highest BCUT2D eigenvalue weighted by Gasteiger charge is 2.24. The van der Waals surface area contributed by atoms with E-state index in [1.54, 1.807) is 18.5 Å². The molecule has 1 unspecified atom stereocenters. The number of H-pyrrole nitrogens is 1. The summed E-state index contributed by atoms with van der Waals surface area (Å²) in [4.78, 5) is 6.42. The molecule has 194 valence electrons. The van der Waals surface area contributed by atoms with E-state index in [0.29, 0.717) is 17.9 Å². The Bertz CT molecular complexity index is 1540. The van der Waals surface area contributed by atoms with E-state index in [1.807, 2.05) is 38.2 Å². The second-order valence-electron chi connectivity index (χ2n) is 10.2. The van der Waals surface area contributed by atoms with Crippen molar-refractivity contribution in [1.82, 2.24) is 29.9 Å². The van der Waals surface area contributed by atoms with Gasteiger partial charge in [-0.05, 0) is 75.2 Å². The van der Waals surface area contributed by atoms with Crippen molar-refractivity contribution < 1.29 is 9.13 Å². The van der Waals surface area contributed by atoms with Crippen LogP contribution in [-0.2, 0) is 6.54 Å². The van der Waals surface area contributed by atoms with Gasteiger partial charge in [-0.25, -0.2) is 4.39 Å². The average molecular weight is 511 g/mol. The molecule has 0 bridgehead atoms. The fourth-order valence-electron chi connectivity index (χ4n) is 5.28. The molecule has 1 N–H and O–H groups in total. The minimum Gasteiger partial charge on any atom is -0.491 e. The molecule has 4 heterocycles. The number of benzene rings is 2. The van der Waals surface area contributed by atoms with Crippen molar-refractivity contribution in [3.05, 3.63) is 84.7 Å². The Balaban J connectivity index is 1.21. The third-order valence-corrected chi connectivity index (χ3v) is 7.13. The lowest BCUT2D eigenvalue weighted by molar-refractivity contribution is 0.157. The monoisotopic (exact) mass is 510 g/mol. The highest BCUT2D eigenvalue weighted by atomic mass is 19.1. The molecule has 1 fully saturated rings. The summed E-state index contributed by atoms with van der Waals surface area (Å²) in [7, 11) is 0. The second-order valence-corrected chi connectivity index (χ2v) is 10.2. The SMILES string of the molecule is CC(C)Oc1cccc(F)c1CN1CCCC(n2cc(-c3ccc4[nH]nc(-c5ccncc5)c4c3)cn2)C1. The minimum atomic E-state index is -0.215. The number of hydrogen-bond acceptors (Lipinski definition) is 5. The van der Waals surface area contributed by atoms with Crippen LogP contribution in [0.3, 0.4) is 0 Å².